The second-order valence-corrected chi connectivity index (χ2v) is 9.92. The van der Waals surface area contributed by atoms with Gasteiger partial charge in [-0.3, -0.25) is 19.4 Å². The molecule has 1 aliphatic heterocycles. The van der Waals surface area contributed by atoms with Crippen LogP contribution in [0.25, 0.3) is 16.7 Å². The summed E-state index contributed by atoms with van der Waals surface area (Å²) in [6.07, 6.45) is 0.136. The number of hydrogen-bond donors (Lipinski definition) is 1. The molecule has 1 spiro atoms. The van der Waals surface area contributed by atoms with Gasteiger partial charge in [-0.15, -0.1) is 0 Å². The third-order valence-electron chi connectivity index (χ3n) is 7.49. The van der Waals surface area contributed by atoms with E-state index in [9.17, 15) is 19.2 Å². The summed E-state index contributed by atoms with van der Waals surface area (Å²) in [5.74, 6) is -1.02. The van der Waals surface area contributed by atoms with Crippen LogP contribution < -0.4 is 30.2 Å². The topological polar surface area (TPSA) is 139 Å². The SMILES string of the molecule is COc1ccc(-n2c(=O)[nH]c(=O)c3cc4c(nc32)CC(C)C2(Oc3c(Cl)c(OC)cc(OC)c3C2=O)C4=O)cc1. The van der Waals surface area contributed by atoms with E-state index in [1.54, 1.807) is 31.2 Å². The molecular weight excluding hydrogens is 542 g/mol. The van der Waals surface area contributed by atoms with Gasteiger partial charge in [-0.1, -0.05) is 18.5 Å². The summed E-state index contributed by atoms with van der Waals surface area (Å²) in [6.45, 7) is 1.70. The first kappa shape index (κ1) is 25.6. The van der Waals surface area contributed by atoms with Crippen LogP contribution >= 0.6 is 11.6 Å². The van der Waals surface area contributed by atoms with Crippen molar-refractivity contribution < 1.29 is 28.5 Å². The predicted octanol–water partition coefficient (Wildman–Crippen LogP) is 3.14. The molecule has 0 saturated heterocycles. The highest BCUT2D eigenvalue weighted by Gasteiger charge is 2.62. The molecule has 2 aromatic heterocycles. The van der Waals surface area contributed by atoms with E-state index >= 15 is 0 Å². The maximum Gasteiger partial charge on any atom is 0.334 e. The molecule has 2 aromatic carbocycles. The van der Waals surface area contributed by atoms with E-state index in [4.69, 9.17) is 30.5 Å². The fraction of sp³-hybridized carbons (Fsp3) is 0.250. The van der Waals surface area contributed by atoms with Gasteiger partial charge in [-0.2, -0.15) is 0 Å². The number of carbonyl (C=O) groups excluding carboxylic acids is 2. The van der Waals surface area contributed by atoms with E-state index in [2.05, 4.69) is 9.97 Å². The zero-order valence-electron chi connectivity index (χ0n) is 21.8. The van der Waals surface area contributed by atoms with Crippen LogP contribution in [-0.4, -0.2) is 53.0 Å². The van der Waals surface area contributed by atoms with Crippen molar-refractivity contribution in [1.82, 2.24) is 14.5 Å². The molecule has 12 heteroatoms. The number of Topliss-reactive ketones (excluding diaryl/α,β-unsaturated/α-hetero) is 2. The van der Waals surface area contributed by atoms with E-state index in [1.165, 1.54) is 38.0 Å². The number of fused-ring (bicyclic) bond motifs is 3. The summed E-state index contributed by atoms with van der Waals surface area (Å²) in [6, 6.07) is 9.44. The third kappa shape index (κ3) is 3.33. The normalized spacial score (nSPS) is 19.4. The molecule has 4 aromatic rings. The van der Waals surface area contributed by atoms with Gasteiger partial charge in [0.1, 0.15) is 27.8 Å². The second-order valence-electron chi connectivity index (χ2n) is 9.55. The zero-order valence-corrected chi connectivity index (χ0v) is 22.5. The van der Waals surface area contributed by atoms with Crippen molar-refractivity contribution in [3.8, 4) is 28.7 Å². The minimum absolute atomic E-state index is 0.00698. The van der Waals surface area contributed by atoms with E-state index in [-0.39, 0.29) is 50.9 Å². The summed E-state index contributed by atoms with van der Waals surface area (Å²) in [7, 11) is 4.31. The number of pyridine rings is 1. The van der Waals surface area contributed by atoms with Crippen molar-refractivity contribution in [2.24, 2.45) is 5.92 Å². The van der Waals surface area contributed by atoms with Gasteiger partial charge in [0.15, 0.2) is 11.4 Å². The summed E-state index contributed by atoms with van der Waals surface area (Å²) in [5.41, 5.74) is -2.46. The van der Waals surface area contributed by atoms with Gasteiger partial charge in [0, 0.05) is 17.5 Å². The fourth-order valence-corrected chi connectivity index (χ4v) is 5.72. The number of ether oxygens (including phenoxy) is 4. The first-order chi connectivity index (χ1) is 19.2. The molecule has 1 N–H and O–H groups in total. The molecule has 40 heavy (non-hydrogen) atoms. The number of rotatable bonds is 4. The van der Waals surface area contributed by atoms with Crippen LogP contribution in [0.5, 0.6) is 23.0 Å². The minimum Gasteiger partial charge on any atom is -0.497 e. The molecule has 6 rings (SSSR count). The monoisotopic (exact) mass is 563 g/mol. The van der Waals surface area contributed by atoms with Gasteiger partial charge in [-0.25, -0.2) is 14.3 Å². The van der Waals surface area contributed by atoms with Gasteiger partial charge in [-0.05, 0) is 36.8 Å². The van der Waals surface area contributed by atoms with Crippen molar-refractivity contribution in [1.29, 1.82) is 0 Å². The summed E-state index contributed by atoms with van der Waals surface area (Å²) < 4.78 is 23.3. The Morgan fingerprint density at radius 3 is 2.35 bits per heavy atom. The van der Waals surface area contributed by atoms with E-state index in [1.807, 2.05) is 0 Å². The average Bonchev–Trinajstić information content (AvgIpc) is 3.26. The number of aromatic nitrogens is 3. The van der Waals surface area contributed by atoms with Crippen LogP contribution in [0.3, 0.4) is 0 Å². The second kappa shape index (κ2) is 8.95. The summed E-state index contributed by atoms with van der Waals surface area (Å²) in [5, 5.41) is 0.0263. The number of nitrogens with one attached hydrogen (secondary N) is 1. The van der Waals surface area contributed by atoms with Crippen LogP contribution in [0.2, 0.25) is 5.02 Å². The summed E-state index contributed by atoms with van der Waals surface area (Å²) >= 11 is 6.49. The molecule has 204 valence electrons. The highest BCUT2D eigenvalue weighted by Crippen LogP contribution is 2.53. The Bertz CT molecular complexity index is 1880. The number of benzene rings is 2. The number of nitrogens with zero attached hydrogens (tertiary/aromatic N) is 2. The van der Waals surface area contributed by atoms with Crippen molar-refractivity contribution in [2.75, 3.05) is 21.3 Å². The Hall–Kier alpha value is -4.64. The molecule has 2 unspecified atom stereocenters. The lowest BCUT2D eigenvalue weighted by atomic mass is 9.71. The molecule has 0 radical (unpaired) electrons. The average molecular weight is 564 g/mol. The molecule has 3 heterocycles. The highest BCUT2D eigenvalue weighted by atomic mass is 35.5. The Kier molecular flexibility index (Phi) is 5.74. The van der Waals surface area contributed by atoms with Gasteiger partial charge in [0.2, 0.25) is 17.2 Å². The Morgan fingerprint density at radius 1 is 1.00 bits per heavy atom. The zero-order chi connectivity index (χ0) is 28.5. The first-order valence-corrected chi connectivity index (χ1v) is 12.6. The molecule has 0 saturated carbocycles. The molecule has 0 amide bonds. The maximum atomic E-state index is 14.1. The van der Waals surface area contributed by atoms with Crippen LogP contribution in [0, 0.1) is 5.92 Å². The van der Waals surface area contributed by atoms with E-state index < -0.39 is 34.3 Å². The number of H-pyrrole nitrogens is 1. The van der Waals surface area contributed by atoms with Crippen molar-refractivity contribution in [3.05, 3.63) is 79.1 Å². The van der Waals surface area contributed by atoms with Crippen molar-refractivity contribution in [2.45, 2.75) is 18.9 Å². The van der Waals surface area contributed by atoms with Gasteiger partial charge in [0.25, 0.3) is 5.56 Å². The molecule has 1 aliphatic carbocycles. The number of carbonyl (C=O) groups is 2. The van der Waals surface area contributed by atoms with Gasteiger partial charge in [0.05, 0.1) is 38.1 Å². The van der Waals surface area contributed by atoms with E-state index in [0.717, 1.165) is 0 Å². The Balaban J connectivity index is 1.55. The number of halogens is 1. The summed E-state index contributed by atoms with van der Waals surface area (Å²) in [4.78, 5) is 60.8. The van der Waals surface area contributed by atoms with Gasteiger partial charge >= 0.3 is 5.69 Å². The van der Waals surface area contributed by atoms with Gasteiger partial charge < -0.3 is 18.9 Å². The van der Waals surface area contributed by atoms with Crippen molar-refractivity contribution >= 4 is 34.2 Å². The lowest BCUT2D eigenvalue weighted by Gasteiger charge is -2.36. The largest absolute Gasteiger partial charge is 0.497 e. The van der Waals surface area contributed by atoms with Crippen LogP contribution in [0.15, 0.2) is 46.0 Å². The maximum absolute atomic E-state index is 14.1. The predicted molar refractivity (Wildman–Crippen MR) is 144 cm³/mol. The fourth-order valence-electron chi connectivity index (χ4n) is 5.45. The van der Waals surface area contributed by atoms with Crippen LogP contribution in [0.1, 0.15) is 33.3 Å². The molecule has 2 atom stereocenters. The van der Waals surface area contributed by atoms with E-state index in [0.29, 0.717) is 17.1 Å². The molecule has 0 bridgehead atoms. The van der Waals surface area contributed by atoms with Crippen molar-refractivity contribution in [3.63, 3.8) is 0 Å². The van der Waals surface area contributed by atoms with Crippen LogP contribution in [-0.2, 0) is 6.42 Å². The molecule has 2 aliphatic rings. The quantitative estimate of drug-likeness (QED) is 0.371. The number of ketones is 2. The lowest BCUT2D eigenvalue weighted by Crippen LogP contribution is -2.56. The lowest BCUT2D eigenvalue weighted by molar-refractivity contribution is 0.0257. The Labute approximate surface area is 231 Å². The minimum atomic E-state index is -1.95. The molecular formula is C28H22ClN3O8. The number of hydrogen-bond acceptors (Lipinski definition) is 9. The highest BCUT2D eigenvalue weighted by molar-refractivity contribution is 6.36. The standard InChI is InChI=1S/C28H22ClN3O8/c1-12-9-17-15(23(33)28(12)24(34)20-18(38-3)11-19(39-4)21(29)22(20)40-28)10-16-25(30-17)32(27(36)31-26(16)35)13-5-7-14(37-2)8-6-13/h5-8,10-12H,9H2,1-4H3,(H,31,35,36). The first-order valence-electron chi connectivity index (χ1n) is 12.2. The molecule has 11 nitrogen and oxygen atoms in total. The Morgan fingerprint density at radius 2 is 1.70 bits per heavy atom. The number of methoxy groups -OCH3 is 3. The molecule has 0 fully saturated rings. The van der Waals surface area contributed by atoms with Crippen LogP contribution in [0.4, 0.5) is 0 Å². The smallest absolute Gasteiger partial charge is 0.334 e. The third-order valence-corrected chi connectivity index (χ3v) is 7.84. The number of aromatic amines is 1.